The van der Waals surface area contributed by atoms with Crippen molar-refractivity contribution in [2.75, 3.05) is 0 Å². The average Bonchev–Trinajstić information content (AvgIpc) is 2.23. The highest BCUT2D eigenvalue weighted by molar-refractivity contribution is 6.37. The molecule has 15 heavy (non-hydrogen) atoms. The third kappa shape index (κ3) is 3.01. The Hall–Kier alpha value is 0.0499. The van der Waals surface area contributed by atoms with Gasteiger partial charge in [-0.3, -0.25) is 0 Å². The molecule has 0 saturated carbocycles. The summed E-state index contributed by atoms with van der Waals surface area (Å²) in [6, 6.07) is 0. The zero-order valence-corrected chi connectivity index (χ0v) is 11.5. The lowest BCUT2D eigenvalue weighted by molar-refractivity contribution is -0.0603. The lowest BCUT2D eigenvalue weighted by Crippen LogP contribution is -2.42. The average molecular weight is 210 g/mol. The van der Waals surface area contributed by atoms with E-state index in [4.69, 9.17) is 9.47 Å². The molecule has 1 rings (SSSR count). The van der Waals surface area contributed by atoms with Gasteiger partial charge < -0.3 is 9.47 Å². The second kappa shape index (κ2) is 3.53. The van der Waals surface area contributed by atoms with Crippen LogP contribution < -0.4 is 0 Å². The van der Waals surface area contributed by atoms with E-state index >= 15 is 0 Å². The van der Waals surface area contributed by atoms with Gasteiger partial charge in [-0.05, 0) is 10.8 Å². The van der Waals surface area contributed by atoms with Gasteiger partial charge in [-0.25, -0.2) is 0 Å². The van der Waals surface area contributed by atoms with Crippen molar-refractivity contribution < 1.29 is 9.47 Å². The summed E-state index contributed by atoms with van der Waals surface area (Å²) in [4.78, 5) is 0. The summed E-state index contributed by atoms with van der Waals surface area (Å²) in [6.45, 7) is 13.3. The van der Waals surface area contributed by atoms with E-state index in [1.807, 2.05) is 15.7 Å². The zero-order valence-electron chi connectivity index (χ0n) is 11.5. The van der Waals surface area contributed by atoms with Crippen LogP contribution >= 0.6 is 0 Å². The maximum atomic E-state index is 6.03. The third-order valence-electron chi connectivity index (χ3n) is 2.80. The highest BCUT2D eigenvalue weighted by Crippen LogP contribution is 2.42. The summed E-state index contributed by atoms with van der Waals surface area (Å²) in [5.74, 6) is 0. The van der Waals surface area contributed by atoms with Gasteiger partial charge in [-0.15, -0.1) is 0 Å². The second-order valence-corrected chi connectivity index (χ2v) is 7.21. The Balaban J connectivity index is 2.95. The van der Waals surface area contributed by atoms with Crippen molar-refractivity contribution in [3.63, 3.8) is 0 Å². The monoisotopic (exact) mass is 210 g/mol. The lowest BCUT2D eigenvalue weighted by Gasteiger charge is -2.36. The SMILES string of the molecule is BC1(B)OC(C(C)(C)C)C(C(C)(C)C)O1. The second-order valence-electron chi connectivity index (χ2n) is 7.21. The number of hydrogen-bond donors (Lipinski definition) is 0. The van der Waals surface area contributed by atoms with Crippen LogP contribution in [-0.4, -0.2) is 33.5 Å². The fraction of sp³-hybridized carbons (Fsp3) is 1.00. The van der Waals surface area contributed by atoms with Crippen LogP contribution in [0, 0.1) is 10.8 Å². The molecule has 0 aromatic rings. The summed E-state index contributed by atoms with van der Waals surface area (Å²) in [5.41, 5.74) is -0.215. The Bertz CT molecular complexity index is 214. The van der Waals surface area contributed by atoms with E-state index in [2.05, 4.69) is 41.5 Å². The first-order chi connectivity index (χ1) is 6.43. The molecule has 4 heteroatoms. The molecule has 1 fully saturated rings. The van der Waals surface area contributed by atoms with Crippen molar-refractivity contribution in [2.24, 2.45) is 10.8 Å². The van der Waals surface area contributed by atoms with Crippen LogP contribution in [0.3, 0.4) is 0 Å². The van der Waals surface area contributed by atoms with Crippen LogP contribution in [0.15, 0.2) is 0 Å². The molecule has 1 aliphatic heterocycles. The first-order valence-corrected chi connectivity index (χ1v) is 5.79. The number of hydrogen-bond acceptors (Lipinski definition) is 2. The summed E-state index contributed by atoms with van der Waals surface area (Å²) in [6.07, 6.45) is 0.319. The minimum Gasteiger partial charge on any atom is -0.361 e. The van der Waals surface area contributed by atoms with E-state index in [1.165, 1.54) is 0 Å². The van der Waals surface area contributed by atoms with Crippen molar-refractivity contribution in [3.8, 4) is 0 Å². The molecule has 0 aliphatic carbocycles. The molecule has 2 atom stereocenters. The Morgan fingerprint density at radius 2 is 1.07 bits per heavy atom. The van der Waals surface area contributed by atoms with E-state index < -0.39 is 5.59 Å². The van der Waals surface area contributed by atoms with Crippen LogP contribution in [-0.2, 0) is 9.47 Å². The number of ether oxygens (including phenoxy) is 2. The van der Waals surface area contributed by atoms with Crippen LogP contribution in [0.2, 0.25) is 0 Å². The quantitative estimate of drug-likeness (QED) is 0.549. The standard InChI is InChI=1S/C11H24B2O2/c1-9(2,3)7-8(10(4,5)6)15-11(12,13)14-7/h7-8H,12-13H2,1-6H3. The molecule has 86 valence electrons. The van der Waals surface area contributed by atoms with Gasteiger partial charge in [0.1, 0.15) is 0 Å². The summed E-state index contributed by atoms with van der Waals surface area (Å²) < 4.78 is 12.1. The van der Waals surface area contributed by atoms with E-state index in [1.54, 1.807) is 0 Å². The third-order valence-corrected chi connectivity index (χ3v) is 2.80. The van der Waals surface area contributed by atoms with Gasteiger partial charge in [0.05, 0.1) is 17.8 Å². The summed E-state index contributed by atoms with van der Waals surface area (Å²) in [7, 11) is 4.00. The van der Waals surface area contributed by atoms with Gasteiger partial charge in [0.2, 0.25) is 0 Å². The van der Waals surface area contributed by atoms with E-state index in [0.29, 0.717) is 0 Å². The Morgan fingerprint density at radius 1 is 0.800 bits per heavy atom. The van der Waals surface area contributed by atoms with Gasteiger partial charge in [0.25, 0.3) is 0 Å². The van der Waals surface area contributed by atoms with E-state index in [-0.39, 0.29) is 23.0 Å². The molecule has 0 bridgehead atoms. The van der Waals surface area contributed by atoms with Gasteiger partial charge >= 0.3 is 0 Å². The van der Waals surface area contributed by atoms with Gasteiger partial charge in [0.15, 0.2) is 15.7 Å². The summed E-state index contributed by atoms with van der Waals surface area (Å²) in [5, 5.41) is 0. The van der Waals surface area contributed by atoms with Crippen molar-refractivity contribution in [1.82, 2.24) is 0 Å². The highest BCUT2D eigenvalue weighted by Gasteiger charge is 2.50. The molecule has 1 saturated heterocycles. The van der Waals surface area contributed by atoms with Gasteiger partial charge in [-0.2, -0.15) is 0 Å². The fourth-order valence-electron chi connectivity index (χ4n) is 2.02. The van der Waals surface area contributed by atoms with Crippen LogP contribution in [0.25, 0.3) is 0 Å². The first kappa shape index (κ1) is 13.1. The van der Waals surface area contributed by atoms with Crippen LogP contribution in [0.5, 0.6) is 0 Å². The molecule has 0 amide bonds. The smallest absolute Gasteiger partial charge is 0.165 e. The van der Waals surface area contributed by atoms with Gasteiger partial charge in [-0.1, -0.05) is 41.5 Å². The van der Waals surface area contributed by atoms with Crippen LogP contribution in [0.4, 0.5) is 0 Å². The molecule has 2 nitrogen and oxygen atoms in total. The van der Waals surface area contributed by atoms with E-state index in [0.717, 1.165) is 0 Å². The molecule has 0 aromatic heterocycles. The Labute approximate surface area is 95.9 Å². The predicted molar refractivity (Wildman–Crippen MR) is 68.5 cm³/mol. The Kier molecular flexibility index (Phi) is 3.08. The topological polar surface area (TPSA) is 18.5 Å². The van der Waals surface area contributed by atoms with Crippen molar-refractivity contribution in [1.29, 1.82) is 0 Å². The van der Waals surface area contributed by atoms with Crippen LogP contribution in [0.1, 0.15) is 41.5 Å². The van der Waals surface area contributed by atoms with Gasteiger partial charge in [0, 0.05) is 0 Å². The molecule has 0 spiro atoms. The number of rotatable bonds is 0. The molecular weight excluding hydrogens is 186 g/mol. The molecule has 1 aliphatic rings. The minimum atomic E-state index is -0.449. The normalized spacial score (nSPS) is 31.9. The van der Waals surface area contributed by atoms with Crippen molar-refractivity contribution in [3.05, 3.63) is 0 Å². The fourth-order valence-corrected chi connectivity index (χ4v) is 2.02. The summed E-state index contributed by atoms with van der Waals surface area (Å²) >= 11 is 0. The molecule has 2 unspecified atom stereocenters. The predicted octanol–water partition coefficient (Wildman–Crippen LogP) is 0.740. The van der Waals surface area contributed by atoms with Crippen molar-refractivity contribution in [2.45, 2.75) is 59.3 Å². The minimum absolute atomic E-state index is 0.117. The maximum absolute atomic E-state index is 6.03. The van der Waals surface area contributed by atoms with E-state index in [9.17, 15) is 0 Å². The molecule has 1 heterocycles. The maximum Gasteiger partial charge on any atom is 0.165 e. The molecule has 0 aromatic carbocycles. The molecule has 0 N–H and O–H groups in total. The highest BCUT2D eigenvalue weighted by atomic mass is 16.7. The molecular formula is C11H24B2O2. The first-order valence-electron chi connectivity index (χ1n) is 5.79. The lowest BCUT2D eigenvalue weighted by atomic mass is 9.76. The van der Waals surface area contributed by atoms with Crippen molar-refractivity contribution >= 4 is 15.7 Å². The zero-order chi connectivity index (χ0) is 12.1. The Morgan fingerprint density at radius 3 is 1.27 bits per heavy atom. The molecule has 0 radical (unpaired) electrons. The largest absolute Gasteiger partial charge is 0.361 e.